The summed E-state index contributed by atoms with van der Waals surface area (Å²) in [5.74, 6) is -0.263. The maximum atomic E-state index is 11.9. The molecule has 0 radical (unpaired) electrons. The number of carbonyl (C=O) groups is 1. The molecule has 0 bridgehead atoms. The molecule has 5 nitrogen and oxygen atoms in total. The fraction of sp³-hybridized carbons (Fsp3) is 0.125. The molecule has 22 heavy (non-hydrogen) atoms. The van der Waals surface area contributed by atoms with Gasteiger partial charge in [0.15, 0.2) is 0 Å². The topological polar surface area (TPSA) is 85.2 Å². The maximum Gasteiger partial charge on any atom is 0.243 e. The van der Waals surface area contributed by atoms with E-state index in [1.807, 2.05) is 6.07 Å². The third-order valence-corrected chi connectivity index (χ3v) is 3.26. The number of hydrogen-bond donors (Lipinski definition) is 3. The summed E-state index contributed by atoms with van der Waals surface area (Å²) in [7, 11) is 0. The van der Waals surface area contributed by atoms with Crippen molar-refractivity contribution in [3.63, 3.8) is 0 Å². The van der Waals surface area contributed by atoms with Crippen LogP contribution in [-0.4, -0.2) is 17.6 Å². The monoisotopic (exact) mass is 315 g/mol. The lowest BCUT2D eigenvalue weighted by Gasteiger charge is -2.10. The lowest BCUT2D eigenvalue weighted by molar-refractivity contribution is -0.114. The van der Waals surface area contributed by atoms with Gasteiger partial charge in [-0.25, -0.2) is 0 Å². The van der Waals surface area contributed by atoms with Gasteiger partial charge in [0.1, 0.15) is 0 Å². The lowest BCUT2D eigenvalue weighted by atomic mass is 10.2. The highest BCUT2D eigenvalue weighted by Gasteiger charge is 2.06. The Kier molecular flexibility index (Phi) is 5.37. The van der Waals surface area contributed by atoms with Crippen LogP contribution in [0, 0.1) is 11.3 Å². The Hall–Kier alpha value is -2.55. The van der Waals surface area contributed by atoms with Crippen molar-refractivity contribution in [1.29, 1.82) is 5.26 Å². The minimum atomic E-state index is -0.263. The van der Waals surface area contributed by atoms with Gasteiger partial charge in [-0.05, 0) is 35.9 Å². The molecule has 0 saturated carbocycles. The van der Waals surface area contributed by atoms with Crippen LogP contribution in [0.25, 0.3) is 0 Å². The summed E-state index contributed by atoms with van der Waals surface area (Å²) in [4.78, 5) is 11.9. The number of nitriles is 1. The Morgan fingerprint density at radius 3 is 2.82 bits per heavy atom. The van der Waals surface area contributed by atoms with Crippen LogP contribution in [0.4, 0.5) is 11.4 Å². The molecule has 2 aromatic carbocycles. The van der Waals surface area contributed by atoms with E-state index in [-0.39, 0.29) is 19.1 Å². The van der Waals surface area contributed by atoms with Crippen LogP contribution < -0.4 is 10.6 Å². The van der Waals surface area contributed by atoms with Gasteiger partial charge in [0.2, 0.25) is 5.91 Å². The molecule has 0 aromatic heterocycles. The second-order valence-electron chi connectivity index (χ2n) is 4.57. The zero-order chi connectivity index (χ0) is 15.9. The quantitative estimate of drug-likeness (QED) is 0.792. The molecule has 0 spiro atoms. The Morgan fingerprint density at radius 1 is 1.27 bits per heavy atom. The number of carbonyl (C=O) groups excluding carboxylic acids is 1. The number of rotatable bonds is 5. The Labute approximate surface area is 133 Å². The summed E-state index contributed by atoms with van der Waals surface area (Å²) in [6.07, 6.45) is 0. The molecule has 3 N–H and O–H groups in total. The number of amides is 1. The smallest absolute Gasteiger partial charge is 0.243 e. The van der Waals surface area contributed by atoms with Crippen LogP contribution in [0.15, 0.2) is 42.5 Å². The van der Waals surface area contributed by atoms with Gasteiger partial charge in [-0.3, -0.25) is 4.79 Å². The van der Waals surface area contributed by atoms with Gasteiger partial charge >= 0.3 is 0 Å². The number of aliphatic hydroxyl groups excluding tert-OH is 1. The molecule has 2 aromatic rings. The third-order valence-electron chi connectivity index (χ3n) is 2.93. The maximum absolute atomic E-state index is 11.9. The number of hydrogen-bond acceptors (Lipinski definition) is 4. The van der Waals surface area contributed by atoms with Crippen LogP contribution in [0.2, 0.25) is 5.02 Å². The number of nitrogens with zero attached hydrogens (tertiary/aromatic N) is 1. The minimum Gasteiger partial charge on any atom is -0.392 e. The Bertz CT molecular complexity index is 726. The molecule has 0 atom stereocenters. The molecule has 0 fully saturated rings. The molecule has 0 aliphatic carbocycles. The highest BCUT2D eigenvalue weighted by atomic mass is 35.5. The van der Waals surface area contributed by atoms with Crippen molar-refractivity contribution < 1.29 is 9.90 Å². The lowest BCUT2D eigenvalue weighted by Crippen LogP contribution is -2.22. The van der Waals surface area contributed by atoms with Gasteiger partial charge in [-0.1, -0.05) is 23.7 Å². The third kappa shape index (κ3) is 4.22. The van der Waals surface area contributed by atoms with Crippen molar-refractivity contribution in [2.24, 2.45) is 0 Å². The van der Waals surface area contributed by atoms with Crippen LogP contribution in [-0.2, 0) is 11.4 Å². The van der Waals surface area contributed by atoms with E-state index in [1.165, 1.54) is 0 Å². The first-order valence-electron chi connectivity index (χ1n) is 6.55. The zero-order valence-corrected chi connectivity index (χ0v) is 12.4. The van der Waals surface area contributed by atoms with Crippen LogP contribution >= 0.6 is 11.6 Å². The van der Waals surface area contributed by atoms with Gasteiger partial charge in [0, 0.05) is 5.69 Å². The van der Waals surface area contributed by atoms with Crippen molar-refractivity contribution in [2.75, 3.05) is 17.2 Å². The Morgan fingerprint density at radius 2 is 2.09 bits per heavy atom. The normalized spacial score (nSPS) is 9.86. The molecule has 2 rings (SSSR count). The highest BCUT2D eigenvalue weighted by Crippen LogP contribution is 2.22. The average molecular weight is 316 g/mol. The van der Waals surface area contributed by atoms with Gasteiger partial charge in [0.05, 0.1) is 35.5 Å². The summed E-state index contributed by atoms with van der Waals surface area (Å²) in [5.41, 5.74) is 2.31. The summed E-state index contributed by atoms with van der Waals surface area (Å²) in [5, 5.41) is 24.0. The largest absolute Gasteiger partial charge is 0.392 e. The van der Waals surface area contributed by atoms with E-state index >= 15 is 0 Å². The van der Waals surface area contributed by atoms with Crippen molar-refractivity contribution in [3.05, 3.63) is 58.6 Å². The fourth-order valence-corrected chi connectivity index (χ4v) is 2.04. The first-order valence-corrected chi connectivity index (χ1v) is 6.93. The minimum absolute atomic E-state index is 0.0192. The van der Waals surface area contributed by atoms with E-state index in [0.717, 1.165) is 0 Å². The van der Waals surface area contributed by atoms with Crippen LogP contribution in [0.5, 0.6) is 0 Å². The van der Waals surface area contributed by atoms with Gasteiger partial charge in [0.25, 0.3) is 0 Å². The standard InChI is InChI=1S/C16H14ClN3O2/c17-14-5-4-12(10-21)7-15(14)19-9-16(22)20-13-3-1-2-11(6-13)8-18/h1-7,19,21H,9-10H2,(H,20,22). The molecule has 0 aliphatic heterocycles. The first-order chi connectivity index (χ1) is 10.6. The number of nitrogens with one attached hydrogen (secondary N) is 2. The molecule has 0 saturated heterocycles. The molecule has 1 amide bonds. The van der Waals surface area contributed by atoms with Gasteiger partial charge < -0.3 is 15.7 Å². The summed E-state index contributed by atoms with van der Waals surface area (Å²) in [6, 6.07) is 13.7. The van der Waals surface area contributed by atoms with Crippen molar-refractivity contribution in [2.45, 2.75) is 6.61 Å². The van der Waals surface area contributed by atoms with E-state index in [9.17, 15) is 4.79 Å². The van der Waals surface area contributed by atoms with Crippen molar-refractivity contribution in [3.8, 4) is 6.07 Å². The molecule has 0 aliphatic rings. The van der Waals surface area contributed by atoms with Crippen molar-refractivity contribution >= 4 is 28.9 Å². The molecule has 112 valence electrons. The van der Waals surface area contributed by atoms with Crippen molar-refractivity contribution in [1.82, 2.24) is 0 Å². The molecule has 0 heterocycles. The van der Waals surface area contributed by atoms with E-state index in [4.69, 9.17) is 22.0 Å². The number of aliphatic hydroxyl groups is 1. The van der Waals surface area contributed by atoms with Crippen LogP contribution in [0.3, 0.4) is 0 Å². The summed E-state index contributed by atoms with van der Waals surface area (Å²) < 4.78 is 0. The van der Waals surface area contributed by atoms with E-state index < -0.39 is 0 Å². The van der Waals surface area contributed by atoms with Crippen LogP contribution in [0.1, 0.15) is 11.1 Å². The average Bonchev–Trinajstić information content (AvgIpc) is 2.54. The van der Waals surface area contributed by atoms with E-state index in [2.05, 4.69) is 10.6 Å². The predicted molar refractivity (Wildman–Crippen MR) is 85.7 cm³/mol. The number of halogens is 1. The van der Waals surface area contributed by atoms with Gasteiger partial charge in [-0.2, -0.15) is 5.26 Å². The Balaban J connectivity index is 1.97. The van der Waals surface area contributed by atoms with Gasteiger partial charge in [-0.15, -0.1) is 0 Å². The second kappa shape index (κ2) is 7.46. The molecular formula is C16H14ClN3O2. The second-order valence-corrected chi connectivity index (χ2v) is 4.97. The van der Waals surface area contributed by atoms with E-state index in [1.54, 1.807) is 42.5 Å². The zero-order valence-electron chi connectivity index (χ0n) is 11.6. The number of anilines is 2. The molecular weight excluding hydrogens is 302 g/mol. The fourth-order valence-electron chi connectivity index (χ4n) is 1.85. The SMILES string of the molecule is N#Cc1cccc(NC(=O)CNc2cc(CO)ccc2Cl)c1. The predicted octanol–water partition coefficient (Wildman–Crippen LogP) is 2.75. The summed E-state index contributed by atoms with van der Waals surface area (Å²) in [6.45, 7) is -0.0790. The number of benzene rings is 2. The molecule has 0 unspecified atom stereocenters. The highest BCUT2D eigenvalue weighted by molar-refractivity contribution is 6.33. The first kappa shape index (κ1) is 15.8. The van der Waals surface area contributed by atoms with E-state index in [0.29, 0.717) is 27.5 Å². The molecule has 6 heteroatoms. The summed E-state index contributed by atoms with van der Waals surface area (Å²) >= 11 is 6.02.